The van der Waals surface area contributed by atoms with Crippen molar-refractivity contribution < 1.29 is 14.6 Å². The summed E-state index contributed by atoms with van der Waals surface area (Å²) in [5.74, 6) is -0.0395. The molecule has 5 nitrogen and oxygen atoms in total. The first-order valence-electron chi connectivity index (χ1n) is 6.56. The smallest absolute Gasteiger partial charge is 0.449 e. The van der Waals surface area contributed by atoms with Gasteiger partial charge in [0.15, 0.2) is 0 Å². The molecule has 3 aromatic rings. The van der Waals surface area contributed by atoms with Crippen molar-refractivity contribution in [1.82, 2.24) is 9.78 Å². The zero-order valence-corrected chi connectivity index (χ0v) is 13.1. The van der Waals surface area contributed by atoms with E-state index in [1.165, 1.54) is 10.7 Å². The Morgan fingerprint density at radius 2 is 1.83 bits per heavy atom. The molecule has 0 atom stereocenters. The average molecular weight is 349 g/mol. The summed E-state index contributed by atoms with van der Waals surface area (Å²) in [7, 11) is 0. The van der Waals surface area contributed by atoms with Crippen molar-refractivity contribution in [2.24, 2.45) is 0 Å². The lowest BCUT2D eigenvalue weighted by atomic mass is 10.1. The van der Waals surface area contributed by atoms with Crippen molar-refractivity contribution in [2.45, 2.75) is 0 Å². The molecule has 0 aliphatic carbocycles. The van der Waals surface area contributed by atoms with E-state index in [1.54, 1.807) is 18.2 Å². The second kappa shape index (κ2) is 6.32. The fourth-order valence-electron chi connectivity index (χ4n) is 2.15. The quantitative estimate of drug-likeness (QED) is 0.683. The van der Waals surface area contributed by atoms with E-state index in [2.05, 4.69) is 9.84 Å². The van der Waals surface area contributed by atoms with Crippen molar-refractivity contribution in [2.75, 3.05) is 0 Å². The van der Waals surface area contributed by atoms with Crippen molar-refractivity contribution in [3.05, 3.63) is 64.6 Å². The van der Waals surface area contributed by atoms with Gasteiger partial charge in [-0.15, -0.1) is 5.10 Å². The zero-order chi connectivity index (χ0) is 16.4. The molecule has 0 bridgehead atoms. The number of halogens is 2. The third-order valence-corrected chi connectivity index (χ3v) is 3.62. The van der Waals surface area contributed by atoms with Crippen LogP contribution in [0, 0.1) is 0 Å². The third kappa shape index (κ3) is 3.31. The van der Waals surface area contributed by atoms with Crippen LogP contribution in [0.5, 0.6) is 5.88 Å². The molecule has 1 heterocycles. The first-order valence-corrected chi connectivity index (χ1v) is 7.32. The Hall–Kier alpha value is -2.50. The molecule has 0 unspecified atom stereocenters. The number of carbonyl (C=O) groups is 1. The zero-order valence-electron chi connectivity index (χ0n) is 11.6. The minimum atomic E-state index is -1.43. The van der Waals surface area contributed by atoms with E-state index in [9.17, 15) is 4.79 Å². The number of benzene rings is 2. The summed E-state index contributed by atoms with van der Waals surface area (Å²) in [5, 5.41) is 13.8. The van der Waals surface area contributed by atoms with Gasteiger partial charge in [0.1, 0.15) is 0 Å². The van der Waals surface area contributed by atoms with Crippen molar-refractivity contribution in [1.29, 1.82) is 0 Å². The van der Waals surface area contributed by atoms with E-state index < -0.39 is 6.16 Å². The maximum Gasteiger partial charge on any atom is 0.512 e. The van der Waals surface area contributed by atoms with Crippen molar-refractivity contribution in [3.8, 4) is 22.8 Å². The highest BCUT2D eigenvalue weighted by molar-refractivity contribution is 6.35. The van der Waals surface area contributed by atoms with E-state index >= 15 is 0 Å². The molecule has 0 amide bonds. The fraction of sp³-hybridized carbons (Fsp3) is 0. The monoisotopic (exact) mass is 348 g/mol. The van der Waals surface area contributed by atoms with Gasteiger partial charge in [-0.05, 0) is 18.2 Å². The molecule has 3 rings (SSSR count). The number of rotatable bonds is 3. The summed E-state index contributed by atoms with van der Waals surface area (Å²) < 4.78 is 6.18. The largest absolute Gasteiger partial charge is 0.512 e. The van der Waals surface area contributed by atoms with Crippen LogP contribution >= 0.6 is 23.2 Å². The summed E-state index contributed by atoms with van der Waals surface area (Å²) in [5.41, 5.74) is 2.05. The molecular weight excluding hydrogens is 339 g/mol. The van der Waals surface area contributed by atoms with Gasteiger partial charge in [0, 0.05) is 16.7 Å². The Morgan fingerprint density at radius 1 is 1.09 bits per heavy atom. The fourth-order valence-corrected chi connectivity index (χ4v) is 2.64. The Morgan fingerprint density at radius 3 is 2.48 bits per heavy atom. The highest BCUT2D eigenvalue weighted by Gasteiger charge is 2.16. The third-order valence-electron chi connectivity index (χ3n) is 3.09. The number of ether oxygens (including phenoxy) is 1. The van der Waals surface area contributed by atoms with Gasteiger partial charge in [0.2, 0.25) is 5.88 Å². The Labute approximate surface area is 141 Å². The Kier molecular flexibility index (Phi) is 4.23. The van der Waals surface area contributed by atoms with Gasteiger partial charge in [-0.25, -0.2) is 9.48 Å². The lowest BCUT2D eigenvalue weighted by Gasteiger charge is -2.09. The number of aromatic nitrogens is 2. The van der Waals surface area contributed by atoms with Gasteiger partial charge in [-0.1, -0.05) is 53.5 Å². The summed E-state index contributed by atoms with van der Waals surface area (Å²) in [6, 6.07) is 15.9. The lowest BCUT2D eigenvalue weighted by molar-refractivity contribution is 0.142. The van der Waals surface area contributed by atoms with Gasteiger partial charge >= 0.3 is 6.16 Å². The number of nitrogens with zero attached hydrogens (tertiary/aromatic N) is 2. The van der Waals surface area contributed by atoms with E-state index in [4.69, 9.17) is 28.3 Å². The van der Waals surface area contributed by atoms with Crippen molar-refractivity contribution in [3.63, 3.8) is 0 Å². The normalized spacial score (nSPS) is 10.5. The molecule has 0 saturated carbocycles. The van der Waals surface area contributed by atoms with Crippen LogP contribution in [-0.2, 0) is 0 Å². The van der Waals surface area contributed by atoms with Crippen LogP contribution in [0.1, 0.15) is 0 Å². The molecule has 0 aliphatic heterocycles. The van der Waals surface area contributed by atoms with Crippen LogP contribution in [0.25, 0.3) is 16.9 Å². The first kappa shape index (κ1) is 15.4. The summed E-state index contributed by atoms with van der Waals surface area (Å²) >= 11 is 12.2. The van der Waals surface area contributed by atoms with Crippen LogP contribution in [0.4, 0.5) is 4.79 Å². The second-order valence-corrected chi connectivity index (χ2v) is 5.45. The van der Waals surface area contributed by atoms with E-state index in [-0.39, 0.29) is 5.88 Å². The molecule has 23 heavy (non-hydrogen) atoms. The molecule has 0 radical (unpaired) electrons. The minimum Gasteiger partial charge on any atom is -0.449 e. The van der Waals surface area contributed by atoms with Gasteiger partial charge in [0.05, 0.1) is 16.4 Å². The van der Waals surface area contributed by atoms with Gasteiger partial charge < -0.3 is 9.84 Å². The van der Waals surface area contributed by atoms with E-state index in [1.807, 2.05) is 30.3 Å². The molecule has 0 aliphatic rings. The molecule has 0 saturated heterocycles. The predicted octanol–water partition coefficient (Wildman–Crippen LogP) is 4.90. The molecule has 2 aromatic carbocycles. The maximum absolute atomic E-state index is 10.8. The average Bonchev–Trinajstić information content (AvgIpc) is 2.91. The summed E-state index contributed by atoms with van der Waals surface area (Å²) in [4.78, 5) is 10.8. The maximum atomic E-state index is 10.8. The van der Waals surface area contributed by atoms with Crippen LogP contribution in [0.15, 0.2) is 54.6 Å². The van der Waals surface area contributed by atoms with Crippen molar-refractivity contribution >= 4 is 29.4 Å². The molecule has 0 fully saturated rings. The lowest BCUT2D eigenvalue weighted by Crippen LogP contribution is -2.04. The predicted molar refractivity (Wildman–Crippen MR) is 87.7 cm³/mol. The topological polar surface area (TPSA) is 64.3 Å². The standard InChI is InChI=1S/C16H10Cl2N2O3/c17-11-6-7-13(12(18)8-11)20-14(10-4-2-1-3-5-10)9-15(19-20)23-16(21)22/h1-9H,(H,21,22). The summed E-state index contributed by atoms with van der Waals surface area (Å²) in [6.07, 6.45) is -1.43. The Balaban J connectivity index is 2.17. The van der Waals surface area contributed by atoms with Crippen LogP contribution < -0.4 is 4.74 Å². The highest BCUT2D eigenvalue weighted by atomic mass is 35.5. The minimum absolute atomic E-state index is 0.0395. The molecule has 116 valence electrons. The second-order valence-electron chi connectivity index (χ2n) is 4.61. The summed E-state index contributed by atoms with van der Waals surface area (Å²) in [6.45, 7) is 0. The number of carboxylic acid groups (broad SMARTS) is 1. The van der Waals surface area contributed by atoms with Crippen LogP contribution in [-0.4, -0.2) is 21.0 Å². The van der Waals surface area contributed by atoms with Gasteiger partial charge in [-0.3, -0.25) is 0 Å². The highest BCUT2D eigenvalue weighted by Crippen LogP contribution is 2.31. The van der Waals surface area contributed by atoms with Gasteiger partial charge in [-0.2, -0.15) is 0 Å². The van der Waals surface area contributed by atoms with Crippen LogP contribution in [0.3, 0.4) is 0 Å². The Bertz CT molecular complexity index is 863. The van der Waals surface area contributed by atoms with Gasteiger partial charge in [0.25, 0.3) is 0 Å². The molecule has 0 spiro atoms. The molecular formula is C16H10Cl2N2O3. The first-order chi connectivity index (χ1) is 11.0. The van der Waals surface area contributed by atoms with E-state index in [0.717, 1.165) is 5.56 Å². The molecule has 7 heteroatoms. The number of hydrogen-bond donors (Lipinski definition) is 1. The molecule has 1 N–H and O–H groups in total. The van der Waals surface area contributed by atoms with Crippen LogP contribution in [0.2, 0.25) is 10.0 Å². The number of hydrogen-bond acceptors (Lipinski definition) is 3. The SMILES string of the molecule is O=C(O)Oc1cc(-c2ccccc2)n(-c2ccc(Cl)cc2Cl)n1. The molecule has 1 aromatic heterocycles. The van der Waals surface area contributed by atoms with E-state index in [0.29, 0.717) is 21.4 Å².